The minimum atomic E-state index is -0.670. The monoisotopic (exact) mass is 914 g/mol. The Morgan fingerprint density at radius 1 is 0.431 bits per heavy atom. The van der Waals surface area contributed by atoms with E-state index in [2.05, 4.69) is 55.6 Å². The van der Waals surface area contributed by atoms with Crippen LogP contribution >= 0.6 is 0 Å². The summed E-state index contributed by atoms with van der Waals surface area (Å²) >= 11 is 0. The lowest BCUT2D eigenvalue weighted by atomic mass is 10.0. The zero-order valence-electron chi connectivity index (χ0n) is 43.5. The largest absolute Gasteiger partial charge is 0.466 e. The topological polar surface area (TPSA) is 95.9 Å². The molecule has 0 saturated heterocycles. The van der Waals surface area contributed by atoms with Crippen molar-refractivity contribution >= 4 is 11.9 Å². The van der Waals surface area contributed by atoms with Crippen molar-refractivity contribution < 1.29 is 24.5 Å². The highest BCUT2D eigenvalue weighted by molar-refractivity contribution is 5.76. The van der Waals surface area contributed by atoms with E-state index in [4.69, 9.17) is 4.74 Å². The molecule has 6 nitrogen and oxygen atoms in total. The fourth-order valence-corrected chi connectivity index (χ4v) is 8.71. The van der Waals surface area contributed by atoms with Crippen LogP contribution in [0, 0.1) is 0 Å². The second kappa shape index (κ2) is 54.7. The molecule has 0 aromatic carbocycles. The van der Waals surface area contributed by atoms with E-state index < -0.39 is 12.1 Å². The van der Waals surface area contributed by atoms with E-state index in [1.807, 2.05) is 0 Å². The molecule has 1 amide bonds. The number of esters is 1. The van der Waals surface area contributed by atoms with E-state index in [0.29, 0.717) is 25.9 Å². The second-order valence-electron chi connectivity index (χ2n) is 19.6. The van der Waals surface area contributed by atoms with Gasteiger partial charge in [0.1, 0.15) is 0 Å². The molecule has 0 aliphatic carbocycles. The fraction of sp³-hybridized carbons (Fsp3) is 0.864. The number of carbonyl (C=O) groups is 2. The third-order valence-electron chi connectivity index (χ3n) is 13.2. The van der Waals surface area contributed by atoms with Crippen molar-refractivity contribution in [1.29, 1.82) is 0 Å². The summed E-state index contributed by atoms with van der Waals surface area (Å²) in [6.45, 7) is 4.90. The average molecular weight is 915 g/mol. The lowest BCUT2D eigenvalue weighted by Crippen LogP contribution is -2.45. The Kier molecular flexibility index (Phi) is 53.1. The van der Waals surface area contributed by atoms with Gasteiger partial charge in [0.15, 0.2) is 0 Å². The molecule has 65 heavy (non-hydrogen) atoms. The van der Waals surface area contributed by atoms with E-state index >= 15 is 0 Å². The Morgan fingerprint density at radius 2 is 0.785 bits per heavy atom. The molecule has 3 N–H and O–H groups in total. The molecular formula is C59H111NO5. The molecule has 0 aliphatic rings. The minimum absolute atomic E-state index is 0.00861. The number of hydrogen-bond donors (Lipinski definition) is 3. The molecule has 2 unspecified atom stereocenters. The van der Waals surface area contributed by atoms with Gasteiger partial charge in [0.2, 0.25) is 5.91 Å². The maximum Gasteiger partial charge on any atom is 0.305 e. The lowest BCUT2D eigenvalue weighted by molar-refractivity contribution is -0.143. The zero-order chi connectivity index (χ0) is 47.2. The first-order chi connectivity index (χ1) is 32.0. The van der Waals surface area contributed by atoms with Gasteiger partial charge in [-0.3, -0.25) is 9.59 Å². The number of allylic oxidation sites excluding steroid dienone is 6. The standard InChI is InChI=1S/C59H111NO5/c1-3-5-7-9-11-13-15-17-27-31-35-39-43-47-51-57(62)56(55-61)60-58(63)52-48-44-40-36-32-28-25-23-21-19-20-22-24-26-30-34-38-42-46-50-54-65-59(64)53-49-45-41-37-33-29-18-16-14-12-10-8-6-4-2/h10,12,16,18-19,21,56-57,61-62H,3-9,11,13-15,17,20,22-55H2,1-2H3,(H,60,63)/b12-10-,18-16-,21-19-. The number of hydrogen-bond acceptors (Lipinski definition) is 5. The quantitative estimate of drug-likeness (QED) is 0.0321. The van der Waals surface area contributed by atoms with Gasteiger partial charge in [-0.05, 0) is 77.0 Å². The molecule has 0 aromatic rings. The molecule has 0 fully saturated rings. The molecule has 0 saturated carbocycles. The van der Waals surface area contributed by atoms with Gasteiger partial charge in [-0.15, -0.1) is 0 Å². The van der Waals surface area contributed by atoms with Crippen LogP contribution in [-0.4, -0.2) is 47.4 Å². The summed E-state index contributed by atoms with van der Waals surface area (Å²) in [6.07, 6.45) is 67.0. The van der Waals surface area contributed by atoms with Crippen LogP contribution in [-0.2, 0) is 14.3 Å². The summed E-state index contributed by atoms with van der Waals surface area (Å²) in [4.78, 5) is 24.5. The highest BCUT2D eigenvalue weighted by atomic mass is 16.5. The van der Waals surface area contributed by atoms with E-state index in [0.717, 1.165) is 51.4 Å². The van der Waals surface area contributed by atoms with Gasteiger partial charge in [-0.25, -0.2) is 0 Å². The van der Waals surface area contributed by atoms with Crippen molar-refractivity contribution in [2.24, 2.45) is 0 Å². The predicted molar refractivity (Wildman–Crippen MR) is 283 cm³/mol. The summed E-state index contributed by atoms with van der Waals surface area (Å²) in [6, 6.07) is -0.548. The molecular weight excluding hydrogens is 803 g/mol. The lowest BCUT2D eigenvalue weighted by Gasteiger charge is -2.22. The van der Waals surface area contributed by atoms with Gasteiger partial charge in [-0.2, -0.15) is 0 Å². The molecule has 0 heterocycles. The maximum absolute atomic E-state index is 12.5. The van der Waals surface area contributed by atoms with Crippen LogP contribution in [0.3, 0.4) is 0 Å². The number of rotatable bonds is 53. The number of nitrogens with one attached hydrogen (secondary N) is 1. The Morgan fingerprint density at radius 3 is 1.23 bits per heavy atom. The summed E-state index contributed by atoms with van der Waals surface area (Å²) in [5, 5.41) is 23.2. The van der Waals surface area contributed by atoms with Gasteiger partial charge >= 0.3 is 5.97 Å². The van der Waals surface area contributed by atoms with Crippen molar-refractivity contribution in [3.63, 3.8) is 0 Å². The van der Waals surface area contributed by atoms with Gasteiger partial charge in [0, 0.05) is 12.8 Å². The number of unbranched alkanes of at least 4 members (excludes halogenated alkanes) is 36. The molecule has 0 aliphatic heterocycles. The summed E-state index contributed by atoms with van der Waals surface area (Å²) < 4.78 is 5.46. The van der Waals surface area contributed by atoms with Crippen LogP contribution in [0.5, 0.6) is 0 Å². The molecule has 0 rings (SSSR count). The third kappa shape index (κ3) is 51.3. The van der Waals surface area contributed by atoms with Crippen LogP contribution < -0.4 is 5.32 Å². The summed E-state index contributed by atoms with van der Waals surface area (Å²) in [5.41, 5.74) is 0. The third-order valence-corrected chi connectivity index (χ3v) is 13.2. The van der Waals surface area contributed by atoms with Gasteiger partial charge < -0.3 is 20.3 Å². The molecule has 0 spiro atoms. The molecule has 382 valence electrons. The van der Waals surface area contributed by atoms with Gasteiger partial charge in [-0.1, -0.05) is 249 Å². The molecule has 0 radical (unpaired) electrons. The normalized spacial score (nSPS) is 12.9. The molecule has 2 atom stereocenters. The van der Waals surface area contributed by atoms with Crippen LogP contribution in [0.4, 0.5) is 0 Å². The van der Waals surface area contributed by atoms with Crippen molar-refractivity contribution in [1.82, 2.24) is 5.32 Å². The maximum atomic E-state index is 12.5. The van der Waals surface area contributed by atoms with Crippen LogP contribution in [0.25, 0.3) is 0 Å². The second-order valence-corrected chi connectivity index (χ2v) is 19.6. The summed E-state index contributed by atoms with van der Waals surface area (Å²) in [5.74, 6) is -0.0522. The zero-order valence-corrected chi connectivity index (χ0v) is 43.5. The number of carbonyl (C=O) groups excluding carboxylic acids is 2. The average Bonchev–Trinajstić information content (AvgIpc) is 3.31. The van der Waals surface area contributed by atoms with Crippen LogP contribution in [0.1, 0.15) is 303 Å². The SMILES string of the molecule is CCCC/C=C\C/C=C\CCCCCCCC(=O)OCCCCCCCCCCC/C=C\CCCCCCCCCC(=O)NC(CO)C(O)CCCCCCCCCCCCCCCC. The van der Waals surface area contributed by atoms with Crippen molar-refractivity contribution in [3.8, 4) is 0 Å². The van der Waals surface area contributed by atoms with E-state index in [9.17, 15) is 19.8 Å². The molecule has 0 aromatic heterocycles. The van der Waals surface area contributed by atoms with E-state index in [-0.39, 0.29) is 18.5 Å². The smallest absolute Gasteiger partial charge is 0.305 e. The van der Waals surface area contributed by atoms with E-state index in [1.165, 1.54) is 218 Å². The first-order valence-electron chi connectivity index (χ1n) is 28.7. The Bertz CT molecular complexity index is 1060. The van der Waals surface area contributed by atoms with Crippen molar-refractivity contribution in [3.05, 3.63) is 36.5 Å². The van der Waals surface area contributed by atoms with Crippen molar-refractivity contribution in [2.75, 3.05) is 13.2 Å². The first kappa shape index (κ1) is 63.1. The van der Waals surface area contributed by atoms with Gasteiger partial charge in [0.25, 0.3) is 0 Å². The number of aliphatic hydroxyl groups is 2. The Hall–Kier alpha value is -1.92. The highest BCUT2D eigenvalue weighted by Gasteiger charge is 2.20. The number of amides is 1. The summed E-state index contributed by atoms with van der Waals surface area (Å²) in [7, 11) is 0. The minimum Gasteiger partial charge on any atom is -0.466 e. The fourth-order valence-electron chi connectivity index (χ4n) is 8.71. The first-order valence-corrected chi connectivity index (χ1v) is 28.7. The number of aliphatic hydroxyl groups excluding tert-OH is 2. The molecule has 6 heteroatoms. The van der Waals surface area contributed by atoms with Crippen LogP contribution in [0.15, 0.2) is 36.5 Å². The van der Waals surface area contributed by atoms with Crippen molar-refractivity contribution in [2.45, 2.75) is 315 Å². The number of ether oxygens (including phenoxy) is 1. The Balaban J connectivity index is 3.44. The molecule has 0 bridgehead atoms. The predicted octanol–water partition coefficient (Wildman–Crippen LogP) is 17.6. The van der Waals surface area contributed by atoms with Crippen LogP contribution in [0.2, 0.25) is 0 Å². The Labute approximate surface area is 404 Å². The van der Waals surface area contributed by atoms with E-state index in [1.54, 1.807) is 0 Å². The highest BCUT2D eigenvalue weighted by Crippen LogP contribution is 2.16. The van der Waals surface area contributed by atoms with Gasteiger partial charge in [0.05, 0.1) is 25.4 Å².